The molecule has 1 amide bonds. The van der Waals surface area contributed by atoms with Crippen LogP contribution in [0.1, 0.15) is 28.0 Å². The largest absolute Gasteiger partial charge is 0.446 e. The average molecular weight is 293 g/mol. The van der Waals surface area contributed by atoms with Crippen LogP contribution < -0.4 is 11.1 Å². The zero-order valence-corrected chi connectivity index (χ0v) is 11.3. The molecule has 1 atom stereocenters. The number of amides is 1. The first-order chi connectivity index (χ1) is 10.1. The van der Waals surface area contributed by atoms with Crippen LogP contribution in [0, 0.1) is 5.82 Å². The Morgan fingerprint density at radius 2 is 2.24 bits per heavy atom. The first-order valence-corrected chi connectivity index (χ1v) is 6.45. The molecule has 112 valence electrons. The Kier molecular flexibility index (Phi) is 5.02. The number of nitrogens with one attached hydrogen (secondary N) is 1. The van der Waals surface area contributed by atoms with Crippen molar-refractivity contribution in [2.24, 2.45) is 5.73 Å². The fourth-order valence-corrected chi connectivity index (χ4v) is 1.74. The zero-order chi connectivity index (χ0) is 15.2. The highest BCUT2D eigenvalue weighted by Gasteiger charge is 2.16. The molecule has 0 fully saturated rings. The number of hydrogen-bond acceptors (Lipinski definition) is 5. The van der Waals surface area contributed by atoms with E-state index in [4.69, 9.17) is 15.3 Å². The van der Waals surface area contributed by atoms with Crippen molar-refractivity contribution in [3.8, 4) is 0 Å². The monoisotopic (exact) mass is 293 g/mol. The summed E-state index contributed by atoms with van der Waals surface area (Å²) >= 11 is 0. The van der Waals surface area contributed by atoms with E-state index in [-0.39, 0.29) is 30.6 Å². The van der Waals surface area contributed by atoms with Gasteiger partial charge in [-0.25, -0.2) is 9.37 Å². The van der Waals surface area contributed by atoms with E-state index in [2.05, 4.69) is 10.3 Å². The lowest BCUT2D eigenvalue weighted by atomic mass is 10.1. The van der Waals surface area contributed by atoms with Crippen LogP contribution in [0.15, 0.2) is 34.9 Å². The highest BCUT2D eigenvalue weighted by Crippen LogP contribution is 2.10. The van der Waals surface area contributed by atoms with Gasteiger partial charge in [-0.15, -0.1) is 0 Å². The number of nitrogens with zero attached hydrogens (tertiary/aromatic N) is 1. The van der Waals surface area contributed by atoms with E-state index < -0.39 is 11.9 Å². The highest BCUT2D eigenvalue weighted by atomic mass is 19.1. The molecule has 0 bridgehead atoms. The number of halogens is 1. The van der Waals surface area contributed by atoms with E-state index in [0.29, 0.717) is 12.0 Å². The minimum Gasteiger partial charge on any atom is -0.446 e. The number of carbonyl (C=O) groups is 1. The molecule has 6 nitrogen and oxygen atoms in total. The SMILES string of the molecule is NC(CO)c1nc(C(=O)NCCc2ccccc2F)co1. The average Bonchev–Trinajstić information content (AvgIpc) is 2.98. The summed E-state index contributed by atoms with van der Waals surface area (Å²) in [6.45, 7) is -0.0527. The Hall–Kier alpha value is -2.25. The van der Waals surface area contributed by atoms with Gasteiger partial charge in [-0.2, -0.15) is 0 Å². The number of hydrogen-bond donors (Lipinski definition) is 3. The van der Waals surface area contributed by atoms with Gasteiger partial charge in [0.25, 0.3) is 5.91 Å². The summed E-state index contributed by atoms with van der Waals surface area (Å²) < 4.78 is 18.4. The molecule has 1 aromatic heterocycles. The minimum absolute atomic E-state index is 0.0717. The van der Waals surface area contributed by atoms with Crippen molar-refractivity contribution >= 4 is 5.91 Å². The lowest BCUT2D eigenvalue weighted by Crippen LogP contribution is -2.26. The van der Waals surface area contributed by atoms with E-state index >= 15 is 0 Å². The van der Waals surface area contributed by atoms with Crippen molar-refractivity contribution in [1.29, 1.82) is 0 Å². The van der Waals surface area contributed by atoms with Crippen LogP contribution in [0.25, 0.3) is 0 Å². The molecule has 21 heavy (non-hydrogen) atoms. The topological polar surface area (TPSA) is 101 Å². The first-order valence-electron chi connectivity index (χ1n) is 6.45. The maximum absolute atomic E-state index is 13.4. The molecule has 0 saturated heterocycles. The lowest BCUT2D eigenvalue weighted by Gasteiger charge is -2.04. The maximum Gasteiger partial charge on any atom is 0.273 e. The molecule has 0 saturated carbocycles. The van der Waals surface area contributed by atoms with Crippen LogP contribution in [-0.4, -0.2) is 29.1 Å². The van der Waals surface area contributed by atoms with Gasteiger partial charge in [-0.1, -0.05) is 18.2 Å². The second-order valence-electron chi connectivity index (χ2n) is 4.46. The third kappa shape index (κ3) is 3.87. The predicted octanol–water partition coefficient (Wildman–Crippen LogP) is 0.778. The molecule has 7 heteroatoms. The number of aliphatic hydroxyl groups is 1. The minimum atomic E-state index is -0.759. The number of nitrogens with two attached hydrogens (primary N) is 1. The molecule has 4 N–H and O–H groups in total. The first kappa shape index (κ1) is 15.1. The summed E-state index contributed by atoms with van der Waals surface area (Å²) in [7, 11) is 0. The van der Waals surface area contributed by atoms with Crippen LogP contribution in [-0.2, 0) is 6.42 Å². The summed E-state index contributed by atoms with van der Waals surface area (Å²) in [5, 5.41) is 11.5. The number of rotatable bonds is 6. The van der Waals surface area contributed by atoms with Gasteiger partial charge in [0.2, 0.25) is 5.89 Å². The Bertz CT molecular complexity index is 615. The van der Waals surface area contributed by atoms with Crippen molar-refractivity contribution in [2.45, 2.75) is 12.5 Å². The van der Waals surface area contributed by atoms with Crippen LogP contribution in [0.2, 0.25) is 0 Å². The molecule has 0 aliphatic rings. The molecule has 0 aliphatic carbocycles. The van der Waals surface area contributed by atoms with Gasteiger partial charge >= 0.3 is 0 Å². The van der Waals surface area contributed by atoms with Crippen molar-refractivity contribution in [3.63, 3.8) is 0 Å². The smallest absolute Gasteiger partial charge is 0.273 e. The molecule has 0 spiro atoms. The second kappa shape index (κ2) is 6.96. The van der Waals surface area contributed by atoms with Crippen molar-refractivity contribution in [2.75, 3.05) is 13.2 Å². The summed E-state index contributed by atoms with van der Waals surface area (Å²) in [6, 6.07) is 5.62. The van der Waals surface area contributed by atoms with Gasteiger partial charge in [-0.3, -0.25) is 4.79 Å². The Balaban J connectivity index is 1.87. The van der Waals surface area contributed by atoms with Gasteiger partial charge in [0, 0.05) is 6.54 Å². The Morgan fingerprint density at radius 3 is 2.95 bits per heavy atom. The molecular weight excluding hydrogens is 277 g/mol. The molecule has 2 rings (SSSR count). The van der Waals surface area contributed by atoms with Crippen LogP contribution in [0.3, 0.4) is 0 Å². The summed E-state index contributed by atoms with van der Waals surface area (Å²) in [6.07, 6.45) is 1.54. The number of carbonyl (C=O) groups excluding carboxylic acids is 1. The maximum atomic E-state index is 13.4. The van der Waals surface area contributed by atoms with Crippen molar-refractivity contribution < 1.29 is 18.7 Å². The number of oxazole rings is 1. The van der Waals surface area contributed by atoms with Crippen molar-refractivity contribution in [1.82, 2.24) is 10.3 Å². The van der Waals surface area contributed by atoms with Crippen molar-refractivity contribution in [3.05, 3.63) is 53.5 Å². The Labute approximate surface area is 120 Å². The molecule has 2 aromatic rings. The second-order valence-corrected chi connectivity index (χ2v) is 4.46. The summed E-state index contributed by atoms with van der Waals surface area (Å²) in [4.78, 5) is 15.7. The molecule has 0 aliphatic heterocycles. The highest BCUT2D eigenvalue weighted by molar-refractivity contribution is 5.91. The number of aliphatic hydroxyl groups excluding tert-OH is 1. The predicted molar refractivity (Wildman–Crippen MR) is 73.0 cm³/mol. The van der Waals surface area contributed by atoms with E-state index in [1.165, 1.54) is 12.3 Å². The van der Waals surface area contributed by atoms with Gasteiger partial charge in [0.1, 0.15) is 18.1 Å². The van der Waals surface area contributed by atoms with Gasteiger partial charge in [0.05, 0.1) is 6.61 Å². The fraction of sp³-hybridized carbons (Fsp3) is 0.286. The van der Waals surface area contributed by atoms with E-state index in [9.17, 15) is 9.18 Å². The fourth-order valence-electron chi connectivity index (χ4n) is 1.74. The standard InChI is InChI=1S/C14H16FN3O3/c15-10-4-2-1-3-9(10)5-6-17-13(20)12-8-21-14(18-12)11(16)7-19/h1-4,8,11,19H,5-7,16H2,(H,17,20). The van der Waals surface area contributed by atoms with E-state index in [1.807, 2.05) is 0 Å². The van der Waals surface area contributed by atoms with E-state index in [0.717, 1.165) is 0 Å². The van der Waals surface area contributed by atoms with Gasteiger partial charge < -0.3 is 20.6 Å². The normalized spacial score (nSPS) is 12.1. The summed E-state index contributed by atoms with van der Waals surface area (Å²) in [5.41, 5.74) is 6.12. The third-order valence-corrected chi connectivity index (χ3v) is 2.91. The molecule has 0 radical (unpaired) electrons. The summed E-state index contributed by atoms with van der Waals surface area (Å²) in [5.74, 6) is -0.646. The van der Waals surface area contributed by atoms with Crippen LogP contribution in [0.4, 0.5) is 4.39 Å². The van der Waals surface area contributed by atoms with E-state index in [1.54, 1.807) is 18.2 Å². The van der Waals surface area contributed by atoms with Crippen LogP contribution in [0.5, 0.6) is 0 Å². The molecule has 1 aromatic carbocycles. The zero-order valence-electron chi connectivity index (χ0n) is 11.3. The Morgan fingerprint density at radius 1 is 1.48 bits per heavy atom. The molecular formula is C14H16FN3O3. The van der Waals surface area contributed by atoms with Crippen LogP contribution >= 0.6 is 0 Å². The van der Waals surface area contributed by atoms with Gasteiger partial charge in [-0.05, 0) is 18.1 Å². The number of aromatic nitrogens is 1. The third-order valence-electron chi connectivity index (χ3n) is 2.91. The molecule has 1 unspecified atom stereocenters. The van der Waals surface area contributed by atoms with Gasteiger partial charge in [0.15, 0.2) is 5.69 Å². The number of benzene rings is 1. The molecule has 1 heterocycles. The quantitative estimate of drug-likeness (QED) is 0.730. The lowest BCUT2D eigenvalue weighted by molar-refractivity contribution is 0.0949.